The summed E-state index contributed by atoms with van der Waals surface area (Å²) in [6, 6.07) is 9.96. The van der Waals surface area contributed by atoms with Gasteiger partial charge in [-0.25, -0.2) is 0 Å². The Balaban J connectivity index is 1.80. The fraction of sp³-hybridized carbons (Fsp3) is 0.650. The highest BCUT2D eigenvalue weighted by Crippen LogP contribution is 2.28. The lowest BCUT2D eigenvalue weighted by atomic mass is 9.92. The molecule has 2 aliphatic rings. The van der Waals surface area contributed by atoms with Crippen LogP contribution in [0.15, 0.2) is 30.3 Å². The second kappa shape index (κ2) is 8.30. The zero-order valence-corrected chi connectivity index (χ0v) is 15.5. The van der Waals surface area contributed by atoms with Crippen molar-refractivity contribution < 1.29 is 9.90 Å². The molecule has 0 saturated carbocycles. The number of nitrogens with zero attached hydrogens (tertiary/aromatic N) is 3. The van der Waals surface area contributed by atoms with Gasteiger partial charge in [0.2, 0.25) is 5.91 Å². The molecular weight excluding hydrogens is 314 g/mol. The van der Waals surface area contributed by atoms with Crippen LogP contribution >= 0.6 is 0 Å². The van der Waals surface area contributed by atoms with Crippen molar-refractivity contribution in [1.29, 1.82) is 0 Å². The third kappa shape index (κ3) is 4.40. The molecule has 2 aliphatic heterocycles. The van der Waals surface area contributed by atoms with Gasteiger partial charge in [0.05, 0.1) is 6.10 Å². The zero-order valence-electron chi connectivity index (χ0n) is 15.5. The maximum atomic E-state index is 13.4. The molecule has 0 aliphatic carbocycles. The summed E-state index contributed by atoms with van der Waals surface area (Å²) in [5.41, 5.74) is 1.08. The van der Waals surface area contributed by atoms with E-state index in [9.17, 15) is 9.90 Å². The number of aliphatic hydroxyl groups excluding tert-OH is 1. The Labute approximate surface area is 151 Å². The van der Waals surface area contributed by atoms with Crippen LogP contribution in [0.3, 0.4) is 0 Å². The molecule has 5 heteroatoms. The minimum absolute atomic E-state index is 0.195. The molecule has 2 heterocycles. The monoisotopic (exact) mass is 345 g/mol. The highest BCUT2D eigenvalue weighted by molar-refractivity contribution is 5.83. The predicted octanol–water partition coefficient (Wildman–Crippen LogP) is 1.59. The molecule has 2 saturated heterocycles. The van der Waals surface area contributed by atoms with Crippen LogP contribution in [0.4, 0.5) is 0 Å². The molecule has 1 N–H and O–H groups in total. The molecule has 3 atom stereocenters. The van der Waals surface area contributed by atoms with Crippen molar-refractivity contribution in [1.82, 2.24) is 14.7 Å². The molecular formula is C20H31N3O2. The number of benzene rings is 1. The van der Waals surface area contributed by atoms with E-state index >= 15 is 0 Å². The van der Waals surface area contributed by atoms with E-state index in [1.807, 2.05) is 30.0 Å². The first-order valence-corrected chi connectivity index (χ1v) is 9.50. The van der Waals surface area contributed by atoms with E-state index in [0.717, 1.165) is 51.1 Å². The van der Waals surface area contributed by atoms with Crippen LogP contribution in [0, 0.1) is 5.92 Å². The molecule has 0 radical (unpaired) electrons. The number of amides is 1. The number of carbonyl (C=O) groups is 1. The lowest BCUT2D eigenvalue weighted by Gasteiger charge is -2.41. The van der Waals surface area contributed by atoms with Crippen molar-refractivity contribution >= 4 is 5.91 Å². The van der Waals surface area contributed by atoms with Crippen molar-refractivity contribution in [2.45, 2.75) is 31.9 Å². The molecule has 3 unspecified atom stereocenters. The van der Waals surface area contributed by atoms with Crippen LogP contribution < -0.4 is 0 Å². The lowest BCUT2D eigenvalue weighted by molar-refractivity contribution is -0.140. The third-order valence-corrected chi connectivity index (χ3v) is 5.70. The average molecular weight is 345 g/mol. The summed E-state index contributed by atoms with van der Waals surface area (Å²) in [5.74, 6) is 0.391. The summed E-state index contributed by atoms with van der Waals surface area (Å²) in [6.45, 7) is 7.13. The lowest BCUT2D eigenvalue weighted by Crippen LogP contribution is -2.52. The molecule has 1 aromatic carbocycles. The highest BCUT2D eigenvalue weighted by atomic mass is 16.3. The Morgan fingerprint density at radius 2 is 1.80 bits per heavy atom. The first-order chi connectivity index (χ1) is 12.1. The van der Waals surface area contributed by atoms with Gasteiger partial charge in [0, 0.05) is 45.2 Å². The molecule has 138 valence electrons. The van der Waals surface area contributed by atoms with Crippen molar-refractivity contribution in [2.24, 2.45) is 5.92 Å². The second-order valence-corrected chi connectivity index (χ2v) is 7.58. The molecule has 3 rings (SSSR count). The van der Waals surface area contributed by atoms with Crippen LogP contribution in [0.5, 0.6) is 0 Å². The summed E-state index contributed by atoms with van der Waals surface area (Å²) >= 11 is 0. The first-order valence-electron chi connectivity index (χ1n) is 9.50. The maximum absolute atomic E-state index is 13.4. The van der Waals surface area contributed by atoms with E-state index in [-0.39, 0.29) is 24.0 Å². The summed E-state index contributed by atoms with van der Waals surface area (Å²) in [6.07, 6.45) is 1.63. The standard InChI is InChI=1S/C20H31N3O2/c1-16(24)18-9-6-10-23(15-18)20(25)19(17-7-4-3-5-8-17)22-13-11-21(2)12-14-22/h3-5,7-8,16,18-19,24H,6,9-15H2,1-2H3. The largest absolute Gasteiger partial charge is 0.393 e. The van der Waals surface area contributed by atoms with Crippen LogP contribution in [-0.4, -0.2) is 78.1 Å². The Hall–Kier alpha value is -1.43. The summed E-state index contributed by atoms with van der Waals surface area (Å²) in [4.78, 5) is 20.1. The van der Waals surface area contributed by atoms with Gasteiger partial charge in [-0.15, -0.1) is 0 Å². The quantitative estimate of drug-likeness (QED) is 0.900. The summed E-state index contributed by atoms with van der Waals surface area (Å²) < 4.78 is 0. The SMILES string of the molecule is CC(O)C1CCCN(C(=O)C(c2ccccc2)N2CCN(C)CC2)C1. The van der Waals surface area contributed by atoms with E-state index in [1.54, 1.807) is 0 Å². The predicted molar refractivity (Wildman–Crippen MR) is 99.2 cm³/mol. The second-order valence-electron chi connectivity index (χ2n) is 7.58. The van der Waals surface area contributed by atoms with Gasteiger partial charge in [-0.1, -0.05) is 30.3 Å². The number of aliphatic hydroxyl groups is 1. The van der Waals surface area contributed by atoms with Crippen molar-refractivity contribution in [2.75, 3.05) is 46.3 Å². The minimum Gasteiger partial charge on any atom is -0.393 e. The van der Waals surface area contributed by atoms with Gasteiger partial charge < -0.3 is 14.9 Å². The molecule has 0 spiro atoms. The number of hydrogen-bond acceptors (Lipinski definition) is 4. The van der Waals surface area contributed by atoms with Crippen LogP contribution in [0.1, 0.15) is 31.4 Å². The van der Waals surface area contributed by atoms with Gasteiger partial charge >= 0.3 is 0 Å². The molecule has 0 bridgehead atoms. The Bertz CT molecular complexity index is 555. The van der Waals surface area contributed by atoms with Gasteiger partial charge in [0.25, 0.3) is 0 Å². The van der Waals surface area contributed by atoms with Crippen LogP contribution in [0.2, 0.25) is 0 Å². The zero-order chi connectivity index (χ0) is 17.8. The Kier molecular flexibility index (Phi) is 6.10. The van der Waals surface area contributed by atoms with Crippen molar-refractivity contribution in [3.63, 3.8) is 0 Å². The van der Waals surface area contributed by atoms with Gasteiger partial charge in [-0.2, -0.15) is 0 Å². The fourth-order valence-electron chi connectivity index (χ4n) is 4.00. The molecule has 25 heavy (non-hydrogen) atoms. The molecule has 0 aromatic heterocycles. The highest BCUT2D eigenvalue weighted by Gasteiger charge is 2.35. The van der Waals surface area contributed by atoms with Crippen LogP contribution in [0.25, 0.3) is 0 Å². The van der Waals surface area contributed by atoms with E-state index in [2.05, 4.69) is 29.0 Å². The van der Waals surface area contributed by atoms with E-state index in [4.69, 9.17) is 0 Å². The molecule has 5 nitrogen and oxygen atoms in total. The Morgan fingerprint density at radius 1 is 1.12 bits per heavy atom. The first kappa shape index (κ1) is 18.4. The van der Waals surface area contributed by atoms with Crippen molar-refractivity contribution in [3.05, 3.63) is 35.9 Å². The topological polar surface area (TPSA) is 47.0 Å². The number of hydrogen-bond donors (Lipinski definition) is 1. The number of likely N-dealkylation sites (N-methyl/N-ethyl adjacent to an activating group) is 1. The van der Waals surface area contributed by atoms with E-state index in [0.29, 0.717) is 6.54 Å². The van der Waals surface area contributed by atoms with Gasteiger partial charge in [-0.3, -0.25) is 9.69 Å². The molecule has 1 amide bonds. The number of piperazine rings is 1. The van der Waals surface area contributed by atoms with E-state index in [1.165, 1.54) is 0 Å². The number of piperidine rings is 1. The fourth-order valence-corrected chi connectivity index (χ4v) is 4.00. The maximum Gasteiger partial charge on any atom is 0.244 e. The third-order valence-electron chi connectivity index (χ3n) is 5.70. The summed E-state index contributed by atoms with van der Waals surface area (Å²) in [7, 11) is 2.13. The summed E-state index contributed by atoms with van der Waals surface area (Å²) in [5, 5.41) is 9.96. The van der Waals surface area contributed by atoms with Crippen molar-refractivity contribution in [3.8, 4) is 0 Å². The van der Waals surface area contributed by atoms with Gasteiger partial charge in [0.15, 0.2) is 0 Å². The normalized spacial score (nSPS) is 25.6. The minimum atomic E-state index is -0.352. The smallest absolute Gasteiger partial charge is 0.244 e. The molecule has 2 fully saturated rings. The number of carbonyl (C=O) groups excluding carboxylic acids is 1. The van der Waals surface area contributed by atoms with Gasteiger partial charge in [-0.05, 0) is 32.4 Å². The van der Waals surface area contributed by atoms with E-state index < -0.39 is 0 Å². The number of likely N-dealkylation sites (tertiary alicyclic amines) is 1. The Morgan fingerprint density at radius 3 is 2.44 bits per heavy atom. The van der Waals surface area contributed by atoms with Crippen LogP contribution in [-0.2, 0) is 4.79 Å². The average Bonchev–Trinajstić information content (AvgIpc) is 2.64. The number of rotatable bonds is 4. The molecule has 1 aromatic rings. The van der Waals surface area contributed by atoms with Gasteiger partial charge in [0.1, 0.15) is 6.04 Å².